The molecule has 2 aromatic heterocycles. The van der Waals surface area contributed by atoms with Gasteiger partial charge in [-0.25, -0.2) is 13.1 Å². The summed E-state index contributed by atoms with van der Waals surface area (Å²) in [5.74, 6) is 0.0163. The minimum absolute atomic E-state index is 0.0163. The molecule has 3 rings (SSSR count). The lowest BCUT2D eigenvalue weighted by atomic mass is 10.1. The minimum atomic E-state index is -3.47. The van der Waals surface area contributed by atoms with Crippen LogP contribution in [0.3, 0.4) is 0 Å². The number of aryl methyl sites for hydroxylation is 1. The van der Waals surface area contributed by atoms with E-state index in [4.69, 9.17) is 0 Å². The molecule has 8 heteroatoms. The van der Waals surface area contributed by atoms with Gasteiger partial charge in [-0.15, -0.1) is 0 Å². The number of aromatic nitrogens is 2. The van der Waals surface area contributed by atoms with Crippen molar-refractivity contribution in [1.29, 1.82) is 0 Å². The topological polar surface area (TPSA) is 92.3 Å². The zero-order valence-corrected chi connectivity index (χ0v) is 17.5. The van der Waals surface area contributed by atoms with Gasteiger partial charge in [0.2, 0.25) is 15.9 Å². The molecule has 1 amide bonds. The van der Waals surface area contributed by atoms with E-state index in [0.717, 1.165) is 16.7 Å². The number of nitrogens with zero attached hydrogens (tertiary/aromatic N) is 3. The maximum Gasteiger partial charge on any atom is 0.240 e. The molecule has 30 heavy (non-hydrogen) atoms. The van der Waals surface area contributed by atoms with Gasteiger partial charge in [-0.2, -0.15) is 0 Å². The average molecular weight is 425 g/mol. The zero-order valence-electron chi connectivity index (χ0n) is 16.7. The summed E-state index contributed by atoms with van der Waals surface area (Å²) in [6.45, 7) is 0.948. The smallest absolute Gasteiger partial charge is 0.240 e. The molecule has 3 aromatic rings. The van der Waals surface area contributed by atoms with E-state index in [-0.39, 0.29) is 10.8 Å². The molecule has 0 radical (unpaired) electrons. The molecule has 0 aliphatic carbocycles. The highest BCUT2D eigenvalue weighted by atomic mass is 32.2. The highest BCUT2D eigenvalue weighted by molar-refractivity contribution is 7.89. The molecule has 0 fully saturated rings. The second kappa shape index (κ2) is 10.1. The quantitative estimate of drug-likeness (QED) is 0.570. The van der Waals surface area contributed by atoms with Gasteiger partial charge in [-0.1, -0.05) is 18.2 Å². The van der Waals surface area contributed by atoms with Crippen molar-refractivity contribution in [1.82, 2.24) is 19.6 Å². The van der Waals surface area contributed by atoms with Crippen molar-refractivity contribution < 1.29 is 13.2 Å². The van der Waals surface area contributed by atoms with Crippen molar-refractivity contribution in [2.75, 3.05) is 7.05 Å². The standard InChI is InChI=1S/C22H24N4O3S/c1-23-30(28,29)21-7-4-18(5-8-21)6-9-22(27)26(16-19-10-13-24-14-11-19)17-20-3-2-12-25-15-20/h2-5,7-8,10-15,23H,6,9,16-17H2,1H3. The lowest BCUT2D eigenvalue weighted by Gasteiger charge is -2.23. The predicted octanol–water partition coefficient (Wildman–Crippen LogP) is 2.55. The number of pyridine rings is 2. The molecule has 0 aliphatic heterocycles. The average Bonchev–Trinajstić information content (AvgIpc) is 2.78. The Balaban J connectivity index is 1.68. The van der Waals surface area contributed by atoms with Crippen molar-refractivity contribution in [3.63, 3.8) is 0 Å². The van der Waals surface area contributed by atoms with Crippen LogP contribution in [0.25, 0.3) is 0 Å². The number of carbonyl (C=O) groups is 1. The molecular weight excluding hydrogens is 400 g/mol. The Morgan fingerprint density at radius 1 is 0.900 bits per heavy atom. The van der Waals surface area contributed by atoms with Gasteiger partial charge < -0.3 is 4.90 Å². The molecule has 0 bridgehead atoms. The summed E-state index contributed by atoms with van der Waals surface area (Å²) >= 11 is 0. The third kappa shape index (κ3) is 5.95. The molecule has 1 aromatic carbocycles. The van der Waals surface area contributed by atoms with Crippen LogP contribution in [0.1, 0.15) is 23.1 Å². The molecule has 0 unspecified atom stereocenters. The van der Waals surface area contributed by atoms with Gasteiger partial charge in [-0.05, 0) is 60.5 Å². The second-order valence-corrected chi connectivity index (χ2v) is 8.70. The van der Waals surface area contributed by atoms with Crippen molar-refractivity contribution in [2.45, 2.75) is 30.8 Å². The Bertz CT molecular complexity index is 1020. The van der Waals surface area contributed by atoms with Gasteiger partial charge in [0.15, 0.2) is 0 Å². The molecule has 0 aliphatic rings. The summed E-state index contributed by atoms with van der Waals surface area (Å²) < 4.78 is 26.0. The van der Waals surface area contributed by atoms with E-state index in [1.807, 2.05) is 24.3 Å². The molecule has 0 saturated heterocycles. The molecule has 2 heterocycles. The molecule has 0 saturated carbocycles. The normalized spacial score (nSPS) is 11.2. The summed E-state index contributed by atoms with van der Waals surface area (Å²) in [6, 6.07) is 14.2. The van der Waals surface area contributed by atoms with Crippen molar-refractivity contribution in [3.05, 3.63) is 90.0 Å². The number of sulfonamides is 1. The molecular formula is C22H24N4O3S. The van der Waals surface area contributed by atoms with Crippen molar-refractivity contribution >= 4 is 15.9 Å². The van der Waals surface area contributed by atoms with Gasteiger partial charge >= 0.3 is 0 Å². The third-order valence-electron chi connectivity index (χ3n) is 4.70. The fourth-order valence-corrected chi connectivity index (χ4v) is 3.75. The number of nitrogens with one attached hydrogen (secondary N) is 1. The Hall–Kier alpha value is -3.10. The number of amides is 1. The highest BCUT2D eigenvalue weighted by Gasteiger charge is 2.16. The van der Waals surface area contributed by atoms with Gasteiger partial charge in [0.1, 0.15) is 0 Å². The summed E-state index contributed by atoms with van der Waals surface area (Å²) in [4.78, 5) is 23.1. The van der Waals surface area contributed by atoms with Gasteiger partial charge in [0, 0.05) is 44.3 Å². The van der Waals surface area contributed by atoms with Crippen LogP contribution < -0.4 is 4.72 Å². The van der Waals surface area contributed by atoms with Crippen LogP contribution in [-0.4, -0.2) is 36.2 Å². The summed E-state index contributed by atoms with van der Waals surface area (Å²) in [5.41, 5.74) is 2.87. The fourth-order valence-electron chi connectivity index (χ4n) is 3.02. The Labute approximate surface area is 176 Å². The largest absolute Gasteiger partial charge is 0.334 e. The zero-order chi connectivity index (χ0) is 21.4. The van der Waals surface area contributed by atoms with Crippen LogP contribution in [0.4, 0.5) is 0 Å². The monoisotopic (exact) mass is 424 g/mol. The first-order valence-electron chi connectivity index (χ1n) is 9.56. The first-order chi connectivity index (χ1) is 14.5. The summed E-state index contributed by atoms with van der Waals surface area (Å²) in [7, 11) is -2.09. The lowest BCUT2D eigenvalue weighted by Crippen LogP contribution is -2.30. The Morgan fingerprint density at radius 3 is 2.23 bits per heavy atom. The Kier molecular flexibility index (Phi) is 7.26. The van der Waals surface area contributed by atoms with Crippen LogP contribution >= 0.6 is 0 Å². The van der Waals surface area contributed by atoms with E-state index < -0.39 is 10.0 Å². The van der Waals surface area contributed by atoms with E-state index in [2.05, 4.69) is 14.7 Å². The highest BCUT2D eigenvalue weighted by Crippen LogP contribution is 2.14. The molecule has 156 valence electrons. The van der Waals surface area contributed by atoms with Crippen LogP contribution in [0.5, 0.6) is 0 Å². The number of benzene rings is 1. The molecule has 0 spiro atoms. The summed E-state index contributed by atoms with van der Waals surface area (Å²) in [6.07, 6.45) is 7.73. The maximum absolute atomic E-state index is 13.0. The van der Waals surface area contributed by atoms with Crippen LogP contribution in [0.2, 0.25) is 0 Å². The Morgan fingerprint density at radius 2 is 1.60 bits per heavy atom. The van der Waals surface area contributed by atoms with Crippen molar-refractivity contribution in [2.24, 2.45) is 0 Å². The van der Waals surface area contributed by atoms with E-state index >= 15 is 0 Å². The first kappa shape index (κ1) is 21.6. The number of carbonyl (C=O) groups excluding carboxylic acids is 1. The number of hydrogen-bond donors (Lipinski definition) is 1. The SMILES string of the molecule is CNS(=O)(=O)c1ccc(CCC(=O)N(Cc2ccncc2)Cc2cccnc2)cc1. The predicted molar refractivity (Wildman–Crippen MR) is 114 cm³/mol. The molecule has 1 N–H and O–H groups in total. The van der Waals surface area contributed by atoms with E-state index in [9.17, 15) is 13.2 Å². The van der Waals surface area contributed by atoms with Crippen LogP contribution in [0, 0.1) is 0 Å². The second-order valence-electron chi connectivity index (χ2n) is 6.82. The lowest BCUT2D eigenvalue weighted by molar-refractivity contribution is -0.132. The van der Waals surface area contributed by atoms with Crippen LogP contribution in [0.15, 0.2) is 78.2 Å². The van der Waals surface area contributed by atoms with Crippen molar-refractivity contribution in [3.8, 4) is 0 Å². The van der Waals surface area contributed by atoms with Gasteiger partial charge in [-0.3, -0.25) is 14.8 Å². The van der Waals surface area contributed by atoms with Gasteiger partial charge in [0.25, 0.3) is 0 Å². The maximum atomic E-state index is 13.0. The van der Waals surface area contributed by atoms with Crippen LogP contribution in [-0.2, 0) is 34.3 Å². The van der Waals surface area contributed by atoms with E-state index in [1.165, 1.54) is 7.05 Å². The van der Waals surface area contributed by atoms with E-state index in [1.54, 1.807) is 54.0 Å². The fraction of sp³-hybridized carbons (Fsp3) is 0.227. The third-order valence-corrected chi connectivity index (χ3v) is 6.13. The molecule has 0 atom stereocenters. The van der Waals surface area contributed by atoms with E-state index in [0.29, 0.717) is 25.9 Å². The molecule has 7 nitrogen and oxygen atoms in total. The number of hydrogen-bond acceptors (Lipinski definition) is 5. The number of rotatable bonds is 9. The first-order valence-corrected chi connectivity index (χ1v) is 11.0. The summed E-state index contributed by atoms with van der Waals surface area (Å²) in [5, 5.41) is 0. The minimum Gasteiger partial charge on any atom is -0.334 e. The van der Waals surface area contributed by atoms with Gasteiger partial charge in [0.05, 0.1) is 4.90 Å².